The Labute approximate surface area is 233 Å². The van der Waals surface area contributed by atoms with Gasteiger partial charge in [-0.1, -0.05) is 60.7 Å². The van der Waals surface area contributed by atoms with Gasteiger partial charge in [0.15, 0.2) is 0 Å². The van der Waals surface area contributed by atoms with Crippen LogP contribution in [0.4, 0.5) is 11.6 Å². The highest BCUT2D eigenvalue weighted by Crippen LogP contribution is 2.42. The number of anilines is 1. The fourth-order valence-electron chi connectivity index (χ4n) is 4.92. The van der Waals surface area contributed by atoms with Gasteiger partial charge >= 0.3 is 0 Å². The molecule has 0 bridgehead atoms. The van der Waals surface area contributed by atoms with Crippen LogP contribution in [0.25, 0.3) is 48.5 Å². The molecule has 0 spiro atoms. The van der Waals surface area contributed by atoms with Crippen molar-refractivity contribution < 1.29 is 4.92 Å². The van der Waals surface area contributed by atoms with Crippen molar-refractivity contribution in [1.82, 2.24) is 19.7 Å². The first-order valence-electron chi connectivity index (χ1n) is 12.9. The zero-order valence-electron chi connectivity index (χ0n) is 21.8. The third-order valence-corrected chi connectivity index (χ3v) is 7.93. The second-order valence-electron chi connectivity index (χ2n) is 9.11. The van der Waals surface area contributed by atoms with E-state index >= 15 is 0 Å². The third kappa shape index (κ3) is 4.18. The van der Waals surface area contributed by atoms with Crippen LogP contribution in [0.1, 0.15) is 13.8 Å². The maximum atomic E-state index is 14.2. The van der Waals surface area contributed by atoms with Gasteiger partial charge in [0, 0.05) is 41.7 Å². The van der Waals surface area contributed by atoms with Crippen LogP contribution in [0, 0.1) is 10.1 Å². The molecule has 0 saturated carbocycles. The van der Waals surface area contributed by atoms with Crippen LogP contribution in [0.5, 0.6) is 0 Å². The number of benzene rings is 3. The number of non-ortho nitro benzene ring substituents is 1. The minimum Gasteiger partial charge on any atom is -0.342 e. The van der Waals surface area contributed by atoms with Gasteiger partial charge in [-0.15, -0.1) is 21.5 Å². The zero-order valence-corrected chi connectivity index (χ0v) is 22.6. The van der Waals surface area contributed by atoms with Crippen molar-refractivity contribution in [2.75, 3.05) is 18.0 Å². The summed E-state index contributed by atoms with van der Waals surface area (Å²) in [5.74, 6) is 0.466. The summed E-state index contributed by atoms with van der Waals surface area (Å²) in [4.78, 5) is 32.7. The number of nitro benzene ring substituents is 1. The molecule has 0 saturated heterocycles. The largest absolute Gasteiger partial charge is 0.342 e. The summed E-state index contributed by atoms with van der Waals surface area (Å²) in [5, 5.41) is 21.2. The molecule has 198 valence electrons. The van der Waals surface area contributed by atoms with Gasteiger partial charge in [0.05, 0.1) is 10.6 Å². The van der Waals surface area contributed by atoms with E-state index in [-0.39, 0.29) is 11.2 Å². The smallest absolute Gasteiger partial charge is 0.277 e. The van der Waals surface area contributed by atoms with Crippen molar-refractivity contribution >= 4 is 43.4 Å². The number of nitrogens with zero attached hydrogens (tertiary/aromatic N) is 6. The van der Waals surface area contributed by atoms with Crippen LogP contribution < -0.4 is 10.5 Å². The quantitative estimate of drug-likeness (QED) is 0.166. The predicted molar refractivity (Wildman–Crippen MR) is 159 cm³/mol. The Morgan fingerprint density at radius 3 is 2.10 bits per heavy atom. The average molecular weight is 549 g/mol. The highest BCUT2D eigenvalue weighted by molar-refractivity contribution is 7.25. The lowest BCUT2D eigenvalue weighted by Gasteiger charge is -2.23. The summed E-state index contributed by atoms with van der Waals surface area (Å²) in [6.45, 7) is 5.23. The van der Waals surface area contributed by atoms with Gasteiger partial charge in [0.25, 0.3) is 11.2 Å². The SMILES string of the molecule is CCN(CC)c1nc2c(sc3nnc(-c4ccccc4)c(-c4ccccc4)c32)c(=O)n1-c1ccc([N+](=O)[O-])cc1. The Morgan fingerprint density at radius 2 is 1.50 bits per heavy atom. The van der Waals surface area contributed by atoms with Crippen molar-refractivity contribution in [2.45, 2.75) is 13.8 Å². The van der Waals surface area contributed by atoms with Crippen LogP contribution in [0.3, 0.4) is 0 Å². The number of aromatic nitrogens is 4. The molecule has 3 aromatic heterocycles. The van der Waals surface area contributed by atoms with Gasteiger partial charge in [0.2, 0.25) is 5.95 Å². The topological polar surface area (TPSA) is 107 Å². The van der Waals surface area contributed by atoms with E-state index < -0.39 is 4.92 Å². The number of nitro groups is 1. The molecule has 3 heterocycles. The number of hydrogen-bond acceptors (Lipinski definition) is 8. The van der Waals surface area contributed by atoms with Crippen molar-refractivity contribution in [2.24, 2.45) is 0 Å². The summed E-state index contributed by atoms with van der Waals surface area (Å²) < 4.78 is 1.98. The Kier molecular flexibility index (Phi) is 6.53. The van der Waals surface area contributed by atoms with E-state index in [4.69, 9.17) is 4.98 Å². The molecule has 9 nitrogen and oxygen atoms in total. The fraction of sp³-hybridized carbons (Fsp3) is 0.133. The van der Waals surface area contributed by atoms with E-state index in [2.05, 4.69) is 10.2 Å². The van der Waals surface area contributed by atoms with Gasteiger partial charge in [-0.25, -0.2) is 9.55 Å². The molecule has 0 aliphatic heterocycles. The lowest BCUT2D eigenvalue weighted by atomic mass is 9.97. The summed E-state index contributed by atoms with van der Waals surface area (Å²) in [7, 11) is 0. The standard InChI is InChI=1S/C30H24N6O3S/c1-3-34(4-2)30-31-26-24-23(19-11-7-5-8-12-19)25(20-13-9-6-10-14-20)32-33-28(24)40-27(26)29(37)35(30)21-15-17-22(18-16-21)36(38)39/h5-18H,3-4H2,1-2H3. The molecule has 0 unspecified atom stereocenters. The van der Waals surface area contributed by atoms with Crippen LogP contribution in [0.2, 0.25) is 0 Å². The molecular formula is C30H24N6O3S. The normalized spacial score (nSPS) is 11.2. The van der Waals surface area contributed by atoms with Crippen LogP contribution in [-0.2, 0) is 0 Å². The van der Waals surface area contributed by atoms with Crippen LogP contribution in [-0.4, -0.2) is 37.8 Å². The number of thiophene rings is 1. The molecule has 0 amide bonds. The first kappa shape index (κ1) is 25.3. The highest BCUT2D eigenvalue weighted by atomic mass is 32.1. The van der Waals surface area contributed by atoms with E-state index in [1.54, 1.807) is 12.1 Å². The van der Waals surface area contributed by atoms with Crippen LogP contribution in [0.15, 0.2) is 89.7 Å². The van der Waals surface area contributed by atoms with Gasteiger partial charge in [-0.05, 0) is 31.5 Å². The van der Waals surface area contributed by atoms with Crippen molar-refractivity contribution in [3.8, 4) is 28.1 Å². The molecule has 0 radical (unpaired) electrons. The molecule has 10 heteroatoms. The third-order valence-electron chi connectivity index (χ3n) is 6.88. The minimum atomic E-state index is -0.459. The number of hydrogen-bond donors (Lipinski definition) is 0. The number of rotatable bonds is 7. The summed E-state index contributed by atoms with van der Waals surface area (Å²) in [5.41, 5.74) is 4.21. The average Bonchev–Trinajstić information content (AvgIpc) is 3.37. The molecule has 6 rings (SSSR count). The van der Waals surface area contributed by atoms with Gasteiger partial charge in [-0.2, -0.15) is 0 Å². The second-order valence-corrected chi connectivity index (χ2v) is 10.1. The summed E-state index contributed by atoms with van der Waals surface area (Å²) in [6.07, 6.45) is 0. The Balaban J connectivity index is 1.73. The maximum Gasteiger partial charge on any atom is 0.277 e. The summed E-state index contributed by atoms with van der Waals surface area (Å²) >= 11 is 1.26. The first-order valence-corrected chi connectivity index (χ1v) is 13.7. The Bertz CT molecular complexity index is 1920. The van der Waals surface area contributed by atoms with E-state index in [0.717, 1.165) is 22.1 Å². The molecule has 0 aliphatic carbocycles. The molecule has 3 aromatic carbocycles. The molecule has 0 fully saturated rings. The number of fused-ring (bicyclic) bond motifs is 3. The van der Waals surface area contributed by atoms with Gasteiger partial charge in [0.1, 0.15) is 20.7 Å². The van der Waals surface area contributed by atoms with E-state index in [9.17, 15) is 14.9 Å². The van der Waals surface area contributed by atoms with Crippen LogP contribution >= 0.6 is 11.3 Å². The lowest BCUT2D eigenvalue weighted by molar-refractivity contribution is -0.384. The first-order chi connectivity index (χ1) is 19.5. The molecule has 40 heavy (non-hydrogen) atoms. The van der Waals surface area contributed by atoms with E-state index in [0.29, 0.717) is 45.5 Å². The van der Waals surface area contributed by atoms with E-state index in [1.165, 1.54) is 28.0 Å². The fourth-order valence-corrected chi connectivity index (χ4v) is 5.92. The lowest BCUT2D eigenvalue weighted by Crippen LogP contribution is -2.31. The zero-order chi connectivity index (χ0) is 27.8. The molecule has 0 N–H and O–H groups in total. The Hall–Kier alpha value is -4.96. The summed E-state index contributed by atoms with van der Waals surface area (Å²) in [6, 6.07) is 25.8. The van der Waals surface area contributed by atoms with Crippen molar-refractivity contribution in [3.05, 3.63) is 105 Å². The van der Waals surface area contributed by atoms with Gasteiger partial charge in [-0.3, -0.25) is 14.9 Å². The predicted octanol–water partition coefficient (Wildman–Crippen LogP) is 6.48. The van der Waals surface area contributed by atoms with Gasteiger partial charge < -0.3 is 4.90 Å². The molecule has 6 aromatic rings. The monoisotopic (exact) mass is 548 g/mol. The van der Waals surface area contributed by atoms with Crippen molar-refractivity contribution in [3.63, 3.8) is 0 Å². The molecular weight excluding hydrogens is 524 g/mol. The Morgan fingerprint density at radius 1 is 0.875 bits per heavy atom. The highest BCUT2D eigenvalue weighted by Gasteiger charge is 2.25. The minimum absolute atomic E-state index is 0.0479. The second kappa shape index (κ2) is 10.3. The van der Waals surface area contributed by atoms with E-state index in [1.807, 2.05) is 79.4 Å². The molecule has 0 aliphatic rings. The maximum absolute atomic E-state index is 14.2. The molecule has 0 atom stereocenters. The van der Waals surface area contributed by atoms with Crippen molar-refractivity contribution in [1.29, 1.82) is 0 Å².